The number of primary sulfonamides is 1. The number of halogens is 4. The fourth-order valence-electron chi connectivity index (χ4n) is 2.50. The van der Waals surface area contributed by atoms with Gasteiger partial charge < -0.3 is 9.47 Å². The highest BCUT2D eigenvalue weighted by molar-refractivity contribution is 8.04. The van der Waals surface area contributed by atoms with E-state index in [0.717, 1.165) is 25.1 Å². The maximum absolute atomic E-state index is 13.0. The van der Waals surface area contributed by atoms with Gasteiger partial charge in [0.1, 0.15) is 5.75 Å². The van der Waals surface area contributed by atoms with Crippen molar-refractivity contribution in [2.75, 3.05) is 6.61 Å². The highest BCUT2D eigenvalue weighted by Gasteiger charge is 2.54. The summed E-state index contributed by atoms with van der Waals surface area (Å²) >= 11 is 5.90. The Kier molecular flexibility index (Phi) is 7.16. The molecule has 0 saturated heterocycles. The van der Waals surface area contributed by atoms with E-state index in [9.17, 15) is 36.5 Å². The molecule has 0 radical (unpaired) electrons. The molecule has 0 aliphatic carbocycles. The largest absolute Gasteiger partial charge is 0.487 e. The number of nitrogens with zero attached hydrogens (tertiary/aromatic N) is 3. The first-order valence-electron chi connectivity index (χ1n) is 8.63. The first-order chi connectivity index (χ1) is 14.5. The van der Waals surface area contributed by atoms with Crippen molar-refractivity contribution in [3.8, 4) is 11.5 Å². The highest BCUT2D eigenvalue weighted by atomic mass is 35.5. The van der Waals surface area contributed by atoms with Crippen molar-refractivity contribution in [2.45, 2.75) is 31.3 Å². The molecular weight excluding hydrogens is 485 g/mol. The molecule has 16 heteroatoms. The summed E-state index contributed by atoms with van der Waals surface area (Å²) in [7, 11) is -4.40. The number of benzene rings is 1. The molecule has 2 rings (SSSR count). The van der Waals surface area contributed by atoms with Crippen molar-refractivity contribution in [1.29, 1.82) is 0 Å². The summed E-state index contributed by atoms with van der Waals surface area (Å²) in [6, 6.07) is 3.06. The van der Waals surface area contributed by atoms with E-state index in [4.69, 9.17) is 26.2 Å². The van der Waals surface area contributed by atoms with Crippen LogP contribution in [0.4, 0.5) is 18.9 Å². The van der Waals surface area contributed by atoms with Gasteiger partial charge in [-0.2, -0.15) is 13.2 Å². The van der Waals surface area contributed by atoms with E-state index in [1.54, 1.807) is 0 Å². The summed E-state index contributed by atoms with van der Waals surface area (Å²) in [6.07, 6.45) is -5.01. The summed E-state index contributed by atoms with van der Waals surface area (Å²) in [4.78, 5) is 19.8. The molecular formula is C16H16ClF3N4O7S. The van der Waals surface area contributed by atoms with Gasteiger partial charge in [0, 0.05) is 18.1 Å². The van der Waals surface area contributed by atoms with Crippen LogP contribution in [0.2, 0.25) is 0 Å². The smallest absolute Gasteiger partial charge is 0.433 e. The topological polar surface area (TPSA) is 164 Å². The first kappa shape index (κ1) is 25.5. The molecule has 0 bridgehead atoms. The summed E-state index contributed by atoms with van der Waals surface area (Å²) in [6.45, 7) is 1.93. The summed E-state index contributed by atoms with van der Waals surface area (Å²) in [5.74, 6) is -2.21. The van der Waals surface area contributed by atoms with E-state index < -0.39 is 54.3 Å². The zero-order chi connectivity index (χ0) is 24.5. The normalized spacial score (nSPS) is 19.7. The Labute approximate surface area is 184 Å². The van der Waals surface area contributed by atoms with Crippen LogP contribution in [0.3, 0.4) is 0 Å². The van der Waals surface area contributed by atoms with Gasteiger partial charge in [-0.15, -0.1) is 21.8 Å². The molecule has 0 fully saturated rings. The van der Waals surface area contributed by atoms with Crippen LogP contribution in [-0.2, 0) is 14.8 Å². The van der Waals surface area contributed by atoms with Crippen LogP contribution in [0.1, 0.15) is 20.3 Å². The van der Waals surface area contributed by atoms with Crippen LogP contribution in [0, 0.1) is 16.0 Å². The molecule has 1 heterocycles. The number of carbonyl (C=O) groups excluding carboxylic acids is 1. The van der Waals surface area contributed by atoms with Crippen LogP contribution < -0.4 is 14.6 Å². The number of carbonyl (C=O) groups is 1. The number of hydrogen-bond donors (Lipinski definition) is 1. The maximum Gasteiger partial charge on any atom is 0.433 e. The standard InChI is InChI=1S/C16H16ClF3N4O7S/c1-8(12(25)32(21,28)29)5-6-30-11-7-9(3-4-10(11)24(26)27)31-14-15(2,17)13(22-23-14)16(18,19)20/h3-4,7-8H,5-6H2,1-2H3,(H2,21,28,29). The number of hydrogen-bond acceptors (Lipinski definition) is 9. The van der Waals surface area contributed by atoms with Gasteiger partial charge in [-0.25, -0.2) is 13.6 Å². The summed E-state index contributed by atoms with van der Waals surface area (Å²) in [5.41, 5.74) is -1.91. The lowest BCUT2D eigenvalue weighted by Gasteiger charge is -2.21. The van der Waals surface area contributed by atoms with Crippen LogP contribution in [0.15, 0.2) is 28.4 Å². The van der Waals surface area contributed by atoms with Crippen molar-refractivity contribution < 1.29 is 40.8 Å². The van der Waals surface area contributed by atoms with E-state index in [0.29, 0.717) is 0 Å². The van der Waals surface area contributed by atoms with Crippen molar-refractivity contribution >= 4 is 44.0 Å². The maximum atomic E-state index is 13.0. The van der Waals surface area contributed by atoms with Gasteiger partial charge in [0.05, 0.1) is 11.5 Å². The number of alkyl halides is 4. The molecule has 0 aromatic heterocycles. The molecule has 1 aliphatic heterocycles. The van der Waals surface area contributed by atoms with Gasteiger partial charge in [-0.3, -0.25) is 14.9 Å². The molecule has 2 unspecified atom stereocenters. The SMILES string of the molecule is CC(CCOc1cc(OC2=NN=C(C(F)(F)F)C2(C)Cl)ccc1[N+](=O)[O-])C(=O)S(N)(=O)=O. The van der Waals surface area contributed by atoms with Crippen molar-refractivity contribution in [3.05, 3.63) is 28.3 Å². The van der Waals surface area contributed by atoms with Crippen molar-refractivity contribution in [3.63, 3.8) is 0 Å². The zero-order valence-corrected chi connectivity index (χ0v) is 18.0. The molecule has 2 atom stereocenters. The average Bonchev–Trinajstić information content (AvgIpc) is 2.94. The lowest BCUT2D eigenvalue weighted by molar-refractivity contribution is -0.385. The molecule has 11 nitrogen and oxygen atoms in total. The Balaban J connectivity index is 2.17. The van der Waals surface area contributed by atoms with E-state index in [-0.39, 0.29) is 24.5 Å². The molecule has 1 aliphatic rings. The Morgan fingerprint density at radius 2 is 2.00 bits per heavy atom. The third-order valence-corrected chi connectivity index (χ3v) is 5.49. The molecule has 0 saturated carbocycles. The van der Waals surface area contributed by atoms with E-state index >= 15 is 0 Å². The second-order valence-corrected chi connectivity index (χ2v) is 8.99. The summed E-state index contributed by atoms with van der Waals surface area (Å²) in [5, 5.41) is 21.0. The van der Waals surface area contributed by atoms with E-state index in [2.05, 4.69) is 10.2 Å². The van der Waals surface area contributed by atoms with Gasteiger partial charge >= 0.3 is 11.9 Å². The lowest BCUT2D eigenvalue weighted by atomic mass is 10.1. The van der Waals surface area contributed by atoms with Crippen molar-refractivity contribution in [2.24, 2.45) is 21.3 Å². The predicted octanol–water partition coefficient (Wildman–Crippen LogP) is 2.52. The van der Waals surface area contributed by atoms with E-state index in [1.165, 1.54) is 6.92 Å². The second-order valence-electron chi connectivity index (χ2n) is 6.75. The fourth-order valence-corrected chi connectivity index (χ4v) is 3.40. The Bertz CT molecular complexity index is 1100. The van der Waals surface area contributed by atoms with Gasteiger partial charge in [0.25, 0.3) is 15.1 Å². The molecule has 0 spiro atoms. The lowest BCUT2D eigenvalue weighted by Crippen LogP contribution is -2.45. The van der Waals surface area contributed by atoms with Gasteiger partial charge in [-0.1, -0.05) is 6.92 Å². The number of rotatable bonds is 7. The van der Waals surface area contributed by atoms with Gasteiger partial charge in [0.2, 0.25) is 11.6 Å². The Morgan fingerprint density at radius 1 is 1.38 bits per heavy atom. The number of nitrogens with two attached hydrogens (primary N) is 1. The molecule has 1 aromatic rings. The number of ether oxygens (including phenoxy) is 2. The van der Waals surface area contributed by atoms with Gasteiger partial charge in [-0.05, 0) is 19.4 Å². The van der Waals surface area contributed by atoms with Crippen LogP contribution in [0.25, 0.3) is 0 Å². The fraction of sp³-hybridized carbons (Fsp3) is 0.438. The third kappa shape index (κ3) is 5.72. The molecule has 1 aromatic carbocycles. The van der Waals surface area contributed by atoms with Gasteiger partial charge in [0.15, 0.2) is 10.6 Å². The number of sulfonamides is 1. The minimum Gasteiger partial charge on any atom is -0.487 e. The predicted molar refractivity (Wildman–Crippen MR) is 106 cm³/mol. The Hall–Kier alpha value is -2.78. The molecule has 2 N–H and O–H groups in total. The monoisotopic (exact) mass is 500 g/mol. The number of nitro benzene ring substituents is 1. The average molecular weight is 501 g/mol. The Morgan fingerprint density at radius 3 is 2.50 bits per heavy atom. The minimum atomic E-state index is -4.86. The van der Waals surface area contributed by atoms with Crippen LogP contribution >= 0.6 is 11.6 Å². The minimum absolute atomic E-state index is 0.146. The van der Waals surface area contributed by atoms with Crippen LogP contribution in [0.5, 0.6) is 11.5 Å². The second kappa shape index (κ2) is 8.99. The molecule has 176 valence electrons. The van der Waals surface area contributed by atoms with E-state index in [1.807, 2.05) is 0 Å². The van der Waals surface area contributed by atoms with Crippen LogP contribution in [-0.4, -0.2) is 47.7 Å². The molecule has 32 heavy (non-hydrogen) atoms. The summed E-state index contributed by atoms with van der Waals surface area (Å²) < 4.78 is 71.7. The quantitative estimate of drug-likeness (QED) is 0.341. The highest BCUT2D eigenvalue weighted by Crippen LogP contribution is 2.37. The first-order valence-corrected chi connectivity index (χ1v) is 10.6. The molecule has 0 amide bonds. The zero-order valence-electron chi connectivity index (χ0n) is 16.4. The third-order valence-electron chi connectivity index (χ3n) is 4.19. The van der Waals surface area contributed by atoms with Crippen molar-refractivity contribution in [1.82, 2.24) is 0 Å². The number of nitro groups is 1.